The lowest BCUT2D eigenvalue weighted by atomic mass is 9.90. The number of ether oxygens (including phenoxy) is 1. The van der Waals surface area contributed by atoms with Gasteiger partial charge in [-0.2, -0.15) is 0 Å². The van der Waals surface area contributed by atoms with Gasteiger partial charge in [-0.05, 0) is 43.8 Å². The van der Waals surface area contributed by atoms with Crippen LogP contribution in [0.5, 0.6) is 0 Å². The largest absolute Gasteiger partial charge is 0.492 e. The van der Waals surface area contributed by atoms with Crippen molar-refractivity contribution in [1.82, 2.24) is 0 Å². The predicted octanol–water partition coefficient (Wildman–Crippen LogP) is 6.33. The molecule has 1 aliphatic carbocycles. The van der Waals surface area contributed by atoms with Crippen molar-refractivity contribution in [3.63, 3.8) is 0 Å². The summed E-state index contributed by atoms with van der Waals surface area (Å²) in [6.45, 7) is 8.81. The van der Waals surface area contributed by atoms with Crippen LogP contribution in [0, 0.1) is 12.8 Å². The average molecular weight is 363 g/mol. The van der Waals surface area contributed by atoms with Gasteiger partial charge >= 0.3 is 0 Å². The van der Waals surface area contributed by atoms with Crippen molar-refractivity contribution >= 4 is 11.5 Å². The molecule has 3 rings (SSSR count). The molecular formula is C25H30O2. The summed E-state index contributed by atoms with van der Waals surface area (Å²) in [6.07, 6.45) is 11.7. The molecule has 0 saturated heterocycles. The smallest absolute Gasteiger partial charge is 0.159 e. The molecule has 0 fully saturated rings. The fourth-order valence-corrected chi connectivity index (χ4v) is 3.91. The van der Waals surface area contributed by atoms with Gasteiger partial charge in [0.2, 0.25) is 0 Å². The van der Waals surface area contributed by atoms with Crippen molar-refractivity contribution in [2.75, 3.05) is 6.61 Å². The van der Waals surface area contributed by atoms with E-state index in [-0.39, 0.29) is 0 Å². The molecule has 0 aromatic heterocycles. The fourth-order valence-electron chi connectivity index (χ4n) is 3.91. The number of Topliss-reactive ketones (excluding diaryl/α,β-unsaturated/α-hetero) is 1. The highest BCUT2D eigenvalue weighted by Crippen LogP contribution is 2.40. The Labute approximate surface area is 163 Å². The Morgan fingerprint density at radius 3 is 2.70 bits per heavy atom. The van der Waals surface area contributed by atoms with Crippen molar-refractivity contribution in [2.45, 2.75) is 52.4 Å². The third-order valence-electron chi connectivity index (χ3n) is 5.45. The van der Waals surface area contributed by atoms with Crippen LogP contribution in [-0.2, 0) is 9.53 Å². The van der Waals surface area contributed by atoms with Gasteiger partial charge in [0.25, 0.3) is 0 Å². The molecule has 0 amide bonds. The van der Waals surface area contributed by atoms with E-state index in [9.17, 15) is 4.79 Å². The lowest BCUT2D eigenvalue weighted by molar-refractivity contribution is -0.114. The molecule has 1 heterocycles. The molecule has 2 heteroatoms. The Morgan fingerprint density at radius 2 is 2.00 bits per heavy atom. The van der Waals surface area contributed by atoms with Crippen LogP contribution in [0.15, 0.2) is 65.8 Å². The summed E-state index contributed by atoms with van der Waals surface area (Å²) in [6, 6.07) is 8.54. The Kier molecular flexibility index (Phi) is 6.49. The van der Waals surface area contributed by atoms with E-state index in [1.54, 1.807) is 0 Å². The molecule has 0 spiro atoms. The summed E-state index contributed by atoms with van der Waals surface area (Å²) in [5, 5.41) is 0. The molecule has 1 atom stereocenters. The van der Waals surface area contributed by atoms with Gasteiger partial charge in [0, 0.05) is 17.9 Å². The van der Waals surface area contributed by atoms with Crippen LogP contribution in [-0.4, -0.2) is 12.4 Å². The van der Waals surface area contributed by atoms with Gasteiger partial charge < -0.3 is 4.74 Å². The van der Waals surface area contributed by atoms with Crippen molar-refractivity contribution in [1.29, 1.82) is 0 Å². The molecular weight excluding hydrogens is 332 g/mol. The number of allylic oxidation sites excluding steroid dienone is 4. The molecule has 0 radical (unpaired) electrons. The van der Waals surface area contributed by atoms with Crippen LogP contribution in [0.3, 0.4) is 0 Å². The Bertz CT molecular complexity index is 790. The maximum atomic E-state index is 12.3. The summed E-state index contributed by atoms with van der Waals surface area (Å²) in [4.78, 5) is 12.3. The van der Waals surface area contributed by atoms with E-state index < -0.39 is 0 Å². The van der Waals surface area contributed by atoms with E-state index >= 15 is 0 Å². The van der Waals surface area contributed by atoms with Crippen LogP contribution >= 0.6 is 0 Å². The van der Waals surface area contributed by atoms with E-state index in [0.717, 1.165) is 42.6 Å². The van der Waals surface area contributed by atoms with Crippen LogP contribution in [0.2, 0.25) is 0 Å². The van der Waals surface area contributed by atoms with Crippen LogP contribution in [0.4, 0.5) is 0 Å². The molecule has 27 heavy (non-hydrogen) atoms. The first-order valence-corrected chi connectivity index (χ1v) is 10.1. The lowest BCUT2D eigenvalue weighted by Crippen LogP contribution is -2.03. The zero-order valence-corrected chi connectivity index (χ0v) is 16.6. The molecule has 0 N–H and O–H groups in total. The molecule has 0 saturated carbocycles. The van der Waals surface area contributed by atoms with Gasteiger partial charge in [-0.3, -0.25) is 4.79 Å². The molecule has 1 aromatic carbocycles. The highest BCUT2D eigenvalue weighted by molar-refractivity contribution is 5.99. The number of ketones is 1. The van der Waals surface area contributed by atoms with Crippen molar-refractivity contribution in [2.24, 2.45) is 5.92 Å². The number of carbonyl (C=O) groups excluding carboxylic acids is 1. The monoisotopic (exact) mass is 362 g/mol. The fraction of sp³-hybridized carbons (Fsp3) is 0.400. The second-order valence-electron chi connectivity index (χ2n) is 7.53. The first-order valence-electron chi connectivity index (χ1n) is 10.1. The number of aryl methyl sites for hydroxylation is 1. The number of hydrogen-bond donors (Lipinski definition) is 0. The maximum absolute atomic E-state index is 12.3. The van der Waals surface area contributed by atoms with Crippen molar-refractivity contribution in [3.8, 4) is 0 Å². The minimum atomic E-state index is 0.291. The molecule has 2 nitrogen and oxygen atoms in total. The van der Waals surface area contributed by atoms with E-state index in [1.165, 1.54) is 16.7 Å². The van der Waals surface area contributed by atoms with Gasteiger partial charge in [0.15, 0.2) is 5.78 Å². The Balaban J connectivity index is 1.97. The zero-order valence-electron chi connectivity index (χ0n) is 16.6. The summed E-state index contributed by atoms with van der Waals surface area (Å²) in [7, 11) is 0. The van der Waals surface area contributed by atoms with E-state index in [4.69, 9.17) is 4.74 Å². The number of benzene rings is 1. The van der Waals surface area contributed by atoms with Gasteiger partial charge in [0.05, 0.1) is 6.61 Å². The third kappa shape index (κ3) is 4.50. The van der Waals surface area contributed by atoms with Gasteiger partial charge in [0.1, 0.15) is 5.76 Å². The van der Waals surface area contributed by atoms with Gasteiger partial charge in [-0.15, -0.1) is 6.58 Å². The van der Waals surface area contributed by atoms with Crippen LogP contribution < -0.4 is 0 Å². The number of unbranched alkanes of at least 4 members (excludes halogenated alkanes) is 1. The summed E-state index contributed by atoms with van der Waals surface area (Å²) < 4.78 is 6.17. The summed E-state index contributed by atoms with van der Waals surface area (Å²) in [5.74, 6) is 1.59. The molecule has 1 aliphatic heterocycles. The summed E-state index contributed by atoms with van der Waals surface area (Å²) >= 11 is 0. The standard InChI is InChI=1S/C25H30O2/c1-4-6-7-9-21-17-27-25(19-12-10-18(3)11-13-19)23(21)16-20-14-15-24(26)22(20)8-5-2/h5,7,9-13,21H,2,4,6,8,14-17H2,1,3H3/b9-7+. The van der Waals surface area contributed by atoms with E-state index in [2.05, 4.69) is 56.8 Å². The molecule has 1 unspecified atom stereocenters. The SMILES string of the molecule is C=CCC1=C(CC2=C(c3ccc(C)cc3)OCC2/C=C/CCC)CCC1=O. The lowest BCUT2D eigenvalue weighted by Gasteiger charge is -2.12. The number of hydrogen-bond acceptors (Lipinski definition) is 2. The molecule has 0 bridgehead atoms. The van der Waals surface area contributed by atoms with Gasteiger partial charge in [-0.25, -0.2) is 0 Å². The quantitative estimate of drug-likeness (QED) is 0.505. The van der Waals surface area contributed by atoms with Crippen LogP contribution in [0.25, 0.3) is 5.76 Å². The maximum Gasteiger partial charge on any atom is 0.159 e. The molecule has 2 aliphatic rings. The average Bonchev–Trinajstić information content (AvgIpc) is 3.22. The molecule has 142 valence electrons. The second kappa shape index (κ2) is 9.03. The van der Waals surface area contributed by atoms with E-state index in [0.29, 0.717) is 31.1 Å². The number of rotatable bonds is 8. The number of carbonyl (C=O) groups is 1. The topological polar surface area (TPSA) is 26.3 Å². The highest BCUT2D eigenvalue weighted by Gasteiger charge is 2.30. The second-order valence-corrected chi connectivity index (χ2v) is 7.53. The summed E-state index contributed by atoms with van der Waals surface area (Å²) in [5.41, 5.74) is 5.95. The Morgan fingerprint density at radius 1 is 1.22 bits per heavy atom. The predicted molar refractivity (Wildman–Crippen MR) is 112 cm³/mol. The van der Waals surface area contributed by atoms with Gasteiger partial charge in [-0.1, -0.05) is 67.0 Å². The normalized spacial score (nSPS) is 20.1. The highest BCUT2D eigenvalue weighted by atomic mass is 16.5. The first kappa shape index (κ1) is 19.4. The Hall–Kier alpha value is -2.35. The first-order chi connectivity index (χ1) is 13.1. The third-order valence-corrected chi connectivity index (χ3v) is 5.45. The van der Waals surface area contributed by atoms with Crippen molar-refractivity contribution in [3.05, 3.63) is 76.9 Å². The minimum Gasteiger partial charge on any atom is -0.492 e. The molecule has 1 aromatic rings. The van der Waals surface area contributed by atoms with Crippen molar-refractivity contribution < 1.29 is 9.53 Å². The van der Waals surface area contributed by atoms with Crippen LogP contribution in [0.1, 0.15) is 56.6 Å². The minimum absolute atomic E-state index is 0.291. The zero-order chi connectivity index (χ0) is 19.2. The van der Waals surface area contributed by atoms with E-state index in [1.807, 2.05) is 6.08 Å².